The van der Waals surface area contributed by atoms with E-state index in [4.69, 9.17) is 0 Å². The van der Waals surface area contributed by atoms with Crippen LogP contribution in [0.1, 0.15) is 6.92 Å². The summed E-state index contributed by atoms with van der Waals surface area (Å²) in [5.41, 5.74) is 0.905. The molecule has 21 heavy (non-hydrogen) atoms. The standard InChI is InChI=1S/C14H14N4OS2/c1-9(20-14-15-7-8-18(14)2)12(19)17-13-16-10-5-3-4-6-11(10)21-13/h3-9H,1-2H3,(H,16,17,19). The molecule has 0 radical (unpaired) electrons. The molecule has 0 fully saturated rings. The van der Waals surface area contributed by atoms with Gasteiger partial charge in [-0.3, -0.25) is 4.79 Å². The minimum absolute atomic E-state index is 0.0675. The summed E-state index contributed by atoms with van der Waals surface area (Å²) in [5.74, 6) is -0.0675. The third kappa shape index (κ3) is 3.08. The van der Waals surface area contributed by atoms with Crippen LogP contribution in [-0.2, 0) is 11.8 Å². The number of nitrogens with zero attached hydrogens (tertiary/aromatic N) is 3. The second-order valence-electron chi connectivity index (χ2n) is 4.56. The Morgan fingerprint density at radius 2 is 2.24 bits per heavy atom. The van der Waals surface area contributed by atoms with Gasteiger partial charge in [0.1, 0.15) is 0 Å². The number of carbonyl (C=O) groups excluding carboxylic acids is 1. The molecular weight excluding hydrogens is 304 g/mol. The highest BCUT2D eigenvalue weighted by molar-refractivity contribution is 8.00. The molecule has 3 aromatic rings. The van der Waals surface area contributed by atoms with Crippen LogP contribution in [-0.4, -0.2) is 25.7 Å². The maximum absolute atomic E-state index is 12.2. The number of aromatic nitrogens is 3. The fourth-order valence-corrected chi connectivity index (χ4v) is 3.51. The van der Waals surface area contributed by atoms with Crippen molar-refractivity contribution < 1.29 is 4.79 Å². The summed E-state index contributed by atoms with van der Waals surface area (Å²) in [6, 6.07) is 7.83. The second-order valence-corrected chi connectivity index (χ2v) is 6.90. The number of fused-ring (bicyclic) bond motifs is 1. The van der Waals surface area contributed by atoms with E-state index in [1.54, 1.807) is 6.20 Å². The Kier molecular flexibility index (Phi) is 3.94. The maximum Gasteiger partial charge on any atom is 0.239 e. The minimum atomic E-state index is -0.238. The Morgan fingerprint density at radius 1 is 1.43 bits per heavy atom. The van der Waals surface area contributed by atoms with Crippen molar-refractivity contribution in [3.8, 4) is 0 Å². The van der Waals surface area contributed by atoms with Crippen LogP contribution in [0.15, 0.2) is 41.8 Å². The number of para-hydroxylation sites is 1. The normalized spacial score (nSPS) is 12.5. The number of anilines is 1. The van der Waals surface area contributed by atoms with Crippen LogP contribution in [0.2, 0.25) is 0 Å². The third-order valence-electron chi connectivity index (χ3n) is 2.95. The van der Waals surface area contributed by atoms with Crippen LogP contribution in [0.3, 0.4) is 0 Å². The first-order valence-corrected chi connectivity index (χ1v) is 8.13. The average molecular weight is 318 g/mol. The maximum atomic E-state index is 12.2. The molecule has 1 unspecified atom stereocenters. The van der Waals surface area contributed by atoms with Crippen LogP contribution < -0.4 is 5.32 Å². The Morgan fingerprint density at radius 3 is 2.95 bits per heavy atom. The van der Waals surface area contributed by atoms with Crippen LogP contribution in [0.25, 0.3) is 10.2 Å². The molecule has 108 valence electrons. The Labute approximate surface area is 130 Å². The van der Waals surface area contributed by atoms with Gasteiger partial charge in [-0.15, -0.1) is 0 Å². The van der Waals surface area contributed by atoms with Crippen LogP contribution in [0.5, 0.6) is 0 Å². The van der Waals surface area contributed by atoms with Crippen LogP contribution >= 0.6 is 23.1 Å². The zero-order valence-corrected chi connectivity index (χ0v) is 13.2. The first-order chi connectivity index (χ1) is 10.1. The van der Waals surface area contributed by atoms with Crippen molar-refractivity contribution in [3.05, 3.63) is 36.7 Å². The molecule has 0 spiro atoms. The van der Waals surface area contributed by atoms with Crippen molar-refractivity contribution >= 4 is 44.4 Å². The SMILES string of the molecule is CC(Sc1nccn1C)C(=O)Nc1nc2ccccc2s1. The topological polar surface area (TPSA) is 59.8 Å². The molecule has 3 rings (SSSR count). The molecule has 0 bridgehead atoms. The summed E-state index contributed by atoms with van der Waals surface area (Å²) < 4.78 is 2.96. The van der Waals surface area contributed by atoms with Crippen molar-refractivity contribution in [3.63, 3.8) is 0 Å². The number of rotatable bonds is 4. The van der Waals surface area contributed by atoms with Crippen molar-refractivity contribution in [2.45, 2.75) is 17.3 Å². The fraction of sp³-hybridized carbons (Fsp3) is 0.214. The monoisotopic (exact) mass is 318 g/mol. The number of hydrogen-bond acceptors (Lipinski definition) is 5. The van der Waals surface area contributed by atoms with Gasteiger partial charge in [0.2, 0.25) is 5.91 Å². The number of benzene rings is 1. The van der Waals surface area contributed by atoms with Gasteiger partial charge in [0.25, 0.3) is 0 Å². The van der Waals surface area contributed by atoms with E-state index in [0.29, 0.717) is 5.13 Å². The summed E-state index contributed by atoms with van der Waals surface area (Å²) in [6.07, 6.45) is 3.58. The van der Waals surface area contributed by atoms with E-state index >= 15 is 0 Å². The van der Waals surface area contributed by atoms with Gasteiger partial charge in [-0.2, -0.15) is 0 Å². The first-order valence-electron chi connectivity index (χ1n) is 6.44. The number of hydrogen-bond donors (Lipinski definition) is 1. The van der Waals surface area contributed by atoms with Crippen LogP contribution in [0.4, 0.5) is 5.13 Å². The van der Waals surface area contributed by atoms with Crippen molar-refractivity contribution in [1.29, 1.82) is 0 Å². The third-order valence-corrected chi connectivity index (χ3v) is 5.08. The smallest absolute Gasteiger partial charge is 0.239 e. The lowest BCUT2D eigenvalue weighted by Gasteiger charge is -2.09. The van der Waals surface area contributed by atoms with Crippen molar-refractivity contribution in [1.82, 2.24) is 14.5 Å². The van der Waals surface area contributed by atoms with E-state index in [1.165, 1.54) is 23.1 Å². The minimum Gasteiger partial charge on any atom is -0.329 e. The van der Waals surface area contributed by atoms with E-state index in [1.807, 2.05) is 49.0 Å². The molecule has 0 aliphatic rings. The molecule has 0 aliphatic heterocycles. The molecule has 2 aromatic heterocycles. The predicted octanol–water partition coefficient (Wildman–Crippen LogP) is 3.15. The number of carbonyl (C=O) groups is 1. The molecule has 1 amide bonds. The first kappa shape index (κ1) is 14.1. The van der Waals surface area contributed by atoms with E-state index in [0.717, 1.165) is 15.4 Å². The fourth-order valence-electron chi connectivity index (χ4n) is 1.81. The van der Waals surface area contributed by atoms with Gasteiger partial charge in [0.05, 0.1) is 15.5 Å². The van der Waals surface area contributed by atoms with E-state index in [-0.39, 0.29) is 11.2 Å². The van der Waals surface area contributed by atoms with Crippen molar-refractivity contribution in [2.75, 3.05) is 5.32 Å². The molecule has 5 nitrogen and oxygen atoms in total. The largest absolute Gasteiger partial charge is 0.329 e. The highest BCUT2D eigenvalue weighted by Crippen LogP contribution is 2.27. The molecule has 1 N–H and O–H groups in total. The lowest BCUT2D eigenvalue weighted by Crippen LogP contribution is -2.22. The molecule has 1 aromatic carbocycles. The van der Waals surface area contributed by atoms with Gasteiger partial charge in [-0.25, -0.2) is 9.97 Å². The Balaban J connectivity index is 1.69. The van der Waals surface area contributed by atoms with Crippen LogP contribution in [0, 0.1) is 0 Å². The number of thioether (sulfide) groups is 1. The number of aryl methyl sites for hydroxylation is 1. The lowest BCUT2D eigenvalue weighted by molar-refractivity contribution is -0.115. The number of amides is 1. The van der Waals surface area contributed by atoms with Crippen molar-refractivity contribution in [2.24, 2.45) is 7.05 Å². The molecule has 0 aliphatic carbocycles. The summed E-state index contributed by atoms with van der Waals surface area (Å²) in [4.78, 5) is 20.8. The van der Waals surface area contributed by atoms with Gasteiger partial charge in [-0.1, -0.05) is 35.2 Å². The number of nitrogens with one attached hydrogen (secondary N) is 1. The lowest BCUT2D eigenvalue weighted by atomic mass is 10.3. The van der Waals surface area contributed by atoms with E-state index < -0.39 is 0 Å². The van der Waals surface area contributed by atoms with Gasteiger partial charge in [0, 0.05) is 19.4 Å². The number of thiazole rings is 1. The quantitative estimate of drug-likeness (QED) is 0.751. The highest BCUT2D eigenvalue weighted by atomic mass is 32.2. The average Bonchev–Trinajstić information content (AvgIpc) is 3.04. The van der Waals surface area contributed by atoms with Gasteiger partial charge in [0.15, 0.2) is 10.3 Å². The molecule has 0 saturated carbocycles. The summed E-state index contributed by atoms with van der Waals surface area (Å²) in [5, 5.41) is 4.09. The Hall–Kier alpha value is -1.86. The van der Waals surface area contributed by atoms with E-state index in [2.05, 4.69) is 15.3 Å². The zero-order chi connectivity index (χ0) is 14.8. The molecule has 1 atom stereocenters. The van der Waals surface area contributed by atoms with E-state index in [9.17, 15) is 4.79 Å². The van der Waals surface area contributed by atoms with Gasteiger partial charge in [-0.05, 0) is 19.1 Å². The molecular formula is C14H14N4OS2. The molecule has 0 saturated heterocycles. The predicted molar refractivity (Wildman–Crippen MR) is 86.8 cm³/mol. The Bertz CT molecular complexity index is 747. The molecule has 2 heterocycles. The number of imidazole rings is 1. The van der Waals surface area contributed by atoms with Gasteiger partial charge < -0.3 is 9.88 Å². The highest BCUT2D eigenvalue weighted by Gasteiger charge is 2.18. The van der Waals surface area contributed by atoms with Gasteiger partial charge >= 0.3 is 0 Å². The molecule has 7 heteroatoms. The second kappa shape index (κ2) is 5.87. The summed E-state index contributed by atoms with van der Waals surface area (Å²) >= 11 is 2.91. The summed E-state index contributed by atoms with van der Waals surface area (Å²) in [6.45, 7) is 1.86. The zero-order valence-electron chi connectivity index (χ0n) is 11.6. The summed E-state index contributed by atoms with van der Waals surface area (Å²) in [7, 11) is 1.91.